The van der Waals surface area contributed by atoms with Crippen LogP contribution in [-0.4, -0.2) is 12.7 Å². The zero-order valence-corrected chi connectivity index (χ0v) is 6.89. The summed E-state index contributed by atoms with van der Waals surface area (Å²) in [6, 6.07) is 0. The van der Waals surface area contributed by atoms with E-state index in [1.165, 1.54) is 12.0 Å². The summed E-state index contributed by atoms with van der Waals surface area (Å²) in [7, 11) is 0. The highest BCUT2D eigenvalue weighted by Gasteiger charge is 2.18. The van der Waals surface area contributed by atoms with Crippen LogP contribution in [0, 0.1) is 5.92 Å². The van der Waals surface area contributed by atoms with Gasteiger partial charge in [0.15, 0.2) is 0 Å². The summed E-state index contributed by atoms with van der Waals surface area (Å²) in [4.78, 5) is 0. The topological polar surface area (TPSA) is 9.23 Å². The van der Waals surface area contributed by atoms with Crippen LogP contribution in [0.4, 0.5) is 0 Å². The molecule has 1 heterocycles. The smallest absolute Gasteiger partial charge is 0.0552 e. The number of hydrogen-bond donors (Lipinski definition) is 0. The molecule has 0 N–H and O–H groups in total. The van der Waals surface area contributed by atoms with Crippen LogP contribution >= 0.6 is 0 Å². The van der Waals surface area contributed by atoms with Gasteiger partial charge in [-0.2, -0.15) is 0 Å². The summed E-state index contributed by atoms with van der Waals surface area (Å²) < 4.78 is 5.42. The third kappa shape index (κ3) is 1.84. The van der Waals surface area contributed by atoms with Crippen LogP contribution in [0.2, 0.25) is 0 Å². The molecule has 1 aliphatic rings. The van der Waals surface area contributed by atoms with Gasteiger partial charge in [0.25, 0.3) is 0 Å². The van der Waals surface area contributed by atoms with E-state index in [4.69, 9.17) is 4.74 Å². The Morgan fingerprint density at radius 1 is 1.60 bits per heavy atom. The lowest BCUT2D eigenvalue weighted by atomic mass is 9.91. The molecule has 10 heavy (non-hydrogen) atoms. The Bertz CT molecular complexity index is 129. The first-order valence-corrected chi connectivity index (χ1v) is 3.97. The summed E-state index contributed by atoms with van der Waals surface area (Å²) >= 11 is 0. The highest BCUT2D eigenvalue weighted by molar-refractivity contribution is 4.97. The maximum Gasteiger partial charge on any atom is 0.0552 e. The van der Waals surface area contributed by atoms with Gasteiger partial charge in [-0.15, -0.1) is 0 Å². The molecule has 0 aromatic heterocycles. The maximum atomic E-state index is 5.42. The zero-order valence-electron chi connectivity index (χ0n) is 6.89. The number of allylic oxidation sites excluding steroid dienone is 1. The van der Waals surface area contributed by atoms with Crippen molar-refractivity contribution in [2.45, 2.75) is 32.8 Å². The van der Waals surface area contributed by atoms with Crippen molar-refractivity contribution in [2.24, 2.45) is 5.92 Å². The Morgan fingerprint density at radius 3 is 2.70 bits per heavy atom. The van der Waals surface area contributed by atoms with Crippen LogP contribution < -0.4 is 0 Å². The number of hydrogen-bond acceptors (Lipinski definition) is 1. The van der Waals surface area contributed by atoms with Gasteiger partial charge in [-0.05, 0) is 32.6 Å². The van der Waals surface area contributed by atoms with Gasteiger partial charge in [0.2, 0.25) is 0 Å². The highest BCUT2D eigenvalue weighted by atomic mass is 16.5. The van der Waals surface area contributed by atoms with E-state index < -0.39 is 0 Å². The Hall–Kier alpha value is -0.300. The molecule has 0 radical (unpaired) electrons. The van der Waals surface area contributed by atoms with Crippen LogP contribution in [0.15, 0.2) is 12.2 Å². The van der Waals surface area contributed by atoms with E-state index in [0.717, 1.165) is 13.0 Å². The lowest BCUT2D eigenvalue weighted by Gasteiger charge is -2.27. The monoisotopic (exact) mass is 140 g/mol. The summed E-state index contributed by atoms with van der Waals surface area (Å²) in [5, 5.41) is 0. The summed E-state index contributed by atoms with van der Waals surface area (Å²) in [5.41, 5.74) is 1.31. The van der Waals surface area contributed by atoms with E-state index in [-0.39, 0.29) is 0 Å². The van der Waals surface area contributed by atoms with Gasteiger partial charge in [0.1, 0.15) is 0 Å². The van der Waals surface area contributed by atoms with Gasteiger partial charge in [0.05, 0.1) is 6.10 Å². The molecular formula is C9H16O. The molecule has 0 aliphatic carbocycles. The summed E-state index contributed by atoms with van der Waals surface area (Å²) in [6.07, 6.45) is 2.77. The number of rotatable bonds is 1. The van der Waals surface area contributed by atoms with Gasteiger partial charge >= 0.3 is 0 Å². The first-order chi connectivity index (χ1) is 4.70. The van der Waals surface area contributed by atoms with Crippen LogP contribution in [0.5, 0.6) is 0 Å². The quantitative estimate of drug-likeness (QED) is 0.508. The molecule has 1 aliphatic heterocycles. The molecule has 0 aromatic carbocycles. The van der Waals surface area contributed by atoms with Crippen molar-refractivity contribution in [2.75, 3.05) is 6.61 Å². The van der Waals surface area contributed by atoms with Gasteiger partial charge in [-0.3, -0.25) is 0 Å². The molecule has 0 bridgehead atoms. The van der Waals surface area contributed by atoms with Crippen molar-refractivity contribution in [1.29, 1.82) is 0 Å². The molecular weight excluding hydrogens is 124 g/mol. The molecule has 1 saturated heterocycles. The van der Waals surface area contributed by atoms with Crippen molar-refractivity contribution < 1.29 is 4.74 Å². The van der Waals surface area contributed by atoms with Crippen LogP contribution in [0.3, 0.4) is 0 Å². The molecule has 1 nitrogen and oxygen atoms in total. The van der Waals surface area contributed by atoms with E-state index in [1.54, 1.807) is 0 Å². The normalized spacial score (nSPS) is 33.8. The standard InChI is InChI=1S/C9H16O/c1-7(2)9-4-5-10-8(3)6-9/h8-9H,1,4-6H2,2-3H3. The van der Waals surface area contributed by atoms with Crippen molar-refractivity contribution in [1.82, 2.24) is 0 Å². The fraction of sp³-hybridized carbons (Fsp3) is 0.778. The Labute approximate surface area is 63.1 Å². The predicted octanol–water partition coefficient (Wildman–Crippen LogP) is 2.38. The Morgan fingerprint density at radius 2 is 2.30 bits per heavy atom. The minimum absolute atomic E-state index is 0.440. The third-order valence-corrected chi connectivity index (χ3v) is 2.18. The van der Waals surface area contributed by atoms with Crippen LogP contribution in [-0.2, 0) is 4.74 Å². The van der Waals surface area contributed by atoms with Crippen molar-refractivity contribution in [3.8, 4) is 0 Å². The molecule has 2 unspecified atom stereocenters. The molecule has 0 saturated carbocycles. The largest absolute Gasteiger partial charge is 0.378 e. The molecule has 0 spiro atoms. The maximum absolute atomic E-state index is 5.42. The highest BCUT2D eigenvalue weighted by Crippen LogP contribution is 2.24. The van der Waals surface area contributed by atoms with E-state index in [0.29, 0.717) is 12.0 Å². The second-order valence-corrected chi connectivity index (χ2v) is 3.25. The lowest BCUT2D eigenvalue weighted by Crippen LogP contribution is -2.23. The predicted molar refractivity (Wildman–Crippen MR) is 43.0 cm³/mol. The van der Waals surface area contributed by atoms with Crippen LogP contribution in [0.1, 0.15) is 26.7 Å². The van der Waals surface area contributed by atoms with Crippen molar-refractivity contribution in [3.05, 3.63) is 12.2 Å². The minimum atomic E-state index is 0.440. The van der Waals surface area contributed by atoms with Crippen molar-refractivity contribution in [3.63, 3.8) is 0 Å². The average Bonchev–Trinajstić information content (AvgIpc) is 1.88. The molecule has 1 fully saturated rings. The van der Waals surface area contributed by atoms with Crippen molar-refractivity contribution >= 4 is 0 Å². The van der Waals surface area contributed by atoms with E-state index >= 15 is 0 Å². The minimum Gasteiger partial charge on any atom is -0.378 e. The van der Waals surface area contributed by atoms with E-state index in [9.17, 15) is 0 Å². The van der Waals surface area contributed by atoms with Crippen LogP contribution in [0.25, 0.3) is 0 Å². The van der Waals surface area contributed by atoms with Gasteiger partial charge in [-0.25, -0.2) is 0 Å². The average molecular weight is 140 g/mol. The van der Waals surface area contributed by atoms with Gasteiger partial charge < -0.3 is 4.74 Å². The number of ether oxygens (including phenoxy) is 1. The third-order valence-electron chi connectivity index (χ3n) is 2.18. The molecule has 58 valence electrons. The SMILES string of the molecule is C=C(C)C1CCOC(C)C1. The molecule has 1 rings (SSSR count). The van der Waals surface area contributed by atoms with Gasteiger partial charge in [0, 0.05) is 6.61 Å². The summed E-state index contributed by atoms with van der Waals surface area (Å²) in [5.74, 6) is 0.712. The first kappa shape index (κ1) is 7.80. The zero-order chi connectivity index (χ0) is 7.56. The van der Waals surface area contributed by atoms with Gasteiger partial charge in [-0.1, -0.05) is 12.2 Å². The second-order valence-electron chi connectivity index (χ2n) is 3.25. The molecule has 0 aromatic rings. The first-order valence-electron chi connectivity index (χ1n) is 3.97. The fourth-order valence-electron chi connectivity index (χ4n) is 1.45. The molecule has 2 atom stereocenters. The Kier molecular flexibility index (Phi) is 2.50. The summed E-state index contributed by atoms with van der Waals surface area (Å²) in [6.45, 7) is 9.12. The molecule has 1 heteroatoms. The molecule has 0 amide bonds. The fourth-order valence-corrected chi connectivity index (χ4v) is 1.45. The Balaban J connectivity index is 2.39. The van der Waals surface area contributed by atoms with E-state index in [1.807, 2.05) is 0 Å². The lowest BCUT2D eigenvalue weighted by molar-refractivity contribution is 0.0104. The van der Waals surface area contributed by atoms with E-state index in [2.05, 4.69) is 20.4 Å². The second kappa shape index (κ2) is 3.20.